The Kier molecular flexibility index (Phi) is 2.64. The van der Waals surface area contributed by atoms with Crippen molar-refractivity contribution in [1.29, 1.82) is 0 Å². The fourth-order valence-electron chi connectivity index (χ4n) is 2.62. The van der Waals surface area contributed by atoms with Crippen molar-refractivity contribution in [2.75, 3.05) is 5.75 Å². The van der Waals surface area contributed by atoms with Gasteiger partial charge in [-0.2, -0.15) is 0 Å². The van der Waals surface area contributed by atoms with Crippen molar-refractivity contribution in [2.45, 2.75) is 44.2 Å². The molecule has 3 heteroatoms. The van der Waals surface area contributed by atoms with E-state index < -0.39 is 0 Å². The molecule has 1 fully saturated rings. The minimum Gasteiger partial charge on any atom is -0.487 e. The van der Waals surface area contributed by atoms with Gasteiger partial charge in [0.05, 0.1) is 5.37 Å². The lowest BCUT2D eigenvalue weighted by Crippen LogP contribution is -2.25. The molecule has 1 saturated heterocycles. The molecule has 2 heterocycles. The van der Waals surface area contributed by atoms with E-state index in [1.807, 2.05) is 11.8 Å². The van der Waals surface area contributed by atoms with E-state index in [9.17, 15) is 0 Å². The number of hydrogen-bond donors (Lipinski definition) is 1. The maximum absolute atomic E-state index is 6.12. The Bertz CT molecular complexity index is 444. The lowest BCUT2D eigenvalue weighted by Gasteiger charge is -2.20. The van der Waals surface area contributed by atoms with Gasteiger partial charge in [-0.3, -0.25) is 5.32 Å². The molecule has 1 N–H and O–H groups in total. The minimum atomic E-state index is -0.0483. The van der Waals surface area contributed by atoms with Crippen LogP contribution >= 0.6 is 11.8 Å². The van der Waals surface area contributed by atoms with Gasteiger partial charge in [0.15, 0.2) is 0 Å². The first-order chi connectivity index (χ1) is 8.05. The first-order valence-electron chi connectivity index (χ1n) is 6.24. The highest BCUT2D eigenvalue weighted by Crippen LogP contribution is 2.44. The zero-order valence-corrected chi connectivity index (χ0v) is 11.4. The third kappa shape index (κ3) is 2.06. The molecule has 0 bridgehead atoms. The molecule has 2 aliphatic rings. The normalized spacial score (nSPS) is 30.1. The van der Waals surface area contributed by atoms with Crippen molar-refractivity contribution in [3.8, 4) is 5.75 Å². The summed E-state index contributed by atoms with van der Waals surface area (Å²) in [7, 11) is 0. The van der Waals surface area contributed by atoms with Crippen LogP contribution in [0.2, 0.25) is 0 Å². The second-order valence-electron chi connectivity index (χ2n) is 5.66. The summed E-state index contributed by atoms with van der Waals surface area (Å²) in [4.78, 5) is 0. The summed E-state index contributed by atoms with van der Waals surface area (Å²) >= 11 is 1.98. The molecule has 2 nitrogen and oxygen atoms in total. The van der Waals surface area contributed by atoms with Gasteiger partial charge in [-0.25, -0.2) is 0 Å². The van der Waals surface area contributed by atoms with Crippen molar-refractivity contribution < 1.29 is 4.74 Å². The van der Waals surface area contributed by atoms with E-state index in [4.69, 9.17) is 4.74 Å². The number of rotatable bonds is 1. The second kappa shape index (κ2) is 3.92. The fourth-order valence-corrected chi connectivity index (χ4v) is 3.89. The zero-order valence-electron chi connectivity index (χ0n) is 10.6. The second-order valence-corrected chi connectivity index (χ2v) is 6.79. The van der Waals surface area contributed by atoms with Crippen LogP contribution in [0.4, 0.5) is 0 Å². The Balaban J connectivity index is 1.95. The summed E-state index contributed by atoms with van der Waals surface area (Å²) in [6.45, 7) is 6.56. The number of benzene rings is 1. The van der Waals surface area contributed by atoms with E-state index in [1.165, 1.54) is 16.9 Å². The third-order valence-corrected chi connectivity index (χ3v) is 4.77. The van der Waals surface area contributed by atoms with Crippen LogP contribution in [0.5, 0.6) is 5.75 Å². The Morgan fingerprint density at radius 2 is 2.24 bits per heavy atom. The number of thioether (sulfide) groups is 1. The molecule has 2 unspecified atom stereocenters. The van der Waals surface area contributed by atoms with Crippen LogP contribution < -0.4 is 10.1 Å². The van der Waals surface area contributed by atoms with E-state index in [1.54, 1.807) is 0 Å². The molecule has 1 aromatic carbocycles. The number of hydrogen-bond acceptors (Lipinski definition) is 3. The van der Waals surface area contributed by atoms with Crippen LogP contribution in [-0.4, -0.2) is 17.4 Å². The molecule has 2 atom stereocenters. The highest BCUT2D eigenvalue weighted by molar-refractivity contribution is 7.99. The Labute approximate surface area is 107 Å². The SMILES string of the molecule is CC1CSC(c2cccc3c2OC(C)(C)C3)N1. The Morgan fingerprint density at radius 3 is 2.94 bits per heavy atom. The summed E-state index contributed by atoms with van der Waals surface area (Å²) < 4.78 is 6.12. The lowest BCUT2D eigenvalue weighted by molar-refractivity contribution is 0.137. The standard InChI is InChI=1S/C14H19NOS/c1-9-8-17-13(15-9)11-6-4-5-10-7-14(2,3)16-12(10)11/h4-6,9,13,15H,7-8H2,1-3H3. The fraction of sp³-hybridized carbons (Fsp3) is 0.571. The van der Waals surface area contributed by atoms with Crippen molar-refractivity contribution in [2.24, 2.45) is 0 Å². The third-order valence-electron chi connectivity index (χ3n) is 3.35. The van der Waals surface area contributed by atoms with Crippen LogP contribution in [-0.2, 0) is 6.42 Å². The molecule has 0 amide bonds. The zero-order chi connectivity index (χ0) is 12.0. The highest BCUT2D eigenvalue weighted by atomic mass is 32.2. The van der Waals surface area contributed by atoms with E-state index in [-0.39, 0.29) is 5.60 Å². The van der Waals surface area contributed by atoms with Crippen LogP contribution in [0.1, 0.15) is 37.3 Å². The minimum absolute atomic E-state index is 0.0483. The largest absolute Gasteiger partial charge is 0.487 e. The van der Waals surface area contributed by atoms with E-state index in [2.05, 4.69) is 44.3 Å². The van der Waals surface area contributed by atoms with Gasteiger partial charge >= 0.3 is 0 Å². The van der Waals surface area contributed by atoms with Crippen molar-refractivity contribution in [3.05, 3.63) is 29.3 Å². The van der Waals surface area contributed by atoms with Gasteiger partial charge in [-0.1, -0.05) is 18.2 Å². The van der Waals surface area contributed by atoms with Crippen LogP contribution in [0.25, 0.3) is 0 Å². The molecule has 3 rings (SSSR count). The van der Waals surface area contributed by atoms with Gasteiger partial charge in [0.25, 0.3) is 0 Å². The van der Waals surface area contributed by atoms with E-state index in [0.29, 0.717) is 11.4 Å². The topological polar surface area (TPSA) is 21.3 Å². The molecule has 1 aromatic rings. The number of ether oxygens (including phenoxy) is 1. The molecule has 17 heavy (non-hydrogen) atoms. The first-order valence-corrected chi connectivity index (χ1v) is 7.28. The van der Waals surface area contributed by atoms with Crippen LogP contribution in [0, 0.1) is 0 Å². The quantitative estimate of drug-likeness (QED) is 0.826. The summed E-state index contributed by atoms with van der Waals surface area (Å²) in [6.07, 6.45) is 1.02. The summed E-state index contributed by atoms with van der Waals surface area (Å²) in [5.41, 5.74) is 2.63. The number of para-hydroxylation sites is 1. The predicted octanol–water partition coefficient (Wildman–Crippen LogP) is 3.12. The van der Waals surface area contributed by atoms with Gasteiger partial charge in [-0.05, 0) is 26.3 Å². The van der Waals surface area contributed by atoms with Crippen molar-refractivity contribution in [1.82, 2.24) is 5.32 Å². The first kappa shape index (κ1) is 11.4. The monoisotopic (exact) mass is 249 g/mol. The van der Waals surface area contributed by atoms with Gasteiger partial charge in [-0.15, -0.1) is 11.8 Å². The van der Waals surface area contributed by atoms with Crippen molar-refractivity contribution >= 4 is 11.8 Å². The van der Waals surface area contributed by atoms with Crippen molar-refractivity contribution in [3.63, 3.8) is 0 Å². The smallest absolute Gasteiger partial charge is 0.129 e. The number of fused-ring (bicyclic) bond motifs is 1. The molecule has 0 saturated carbocycles. The average molecular weight is 249 g/mol. The Hall–Kier alpha value is -0.670. The van der Waals surface area contributed by atoms with E-state index in [0.717, 1.165) is 12.2 Å². The molecular formula is C14H19NOS. The maximum atomic E-state index is 6.12. The summed E-state index contributed by atoms with van der Waals surface area (Å²) in [5.74, 6) is 2.30. The Morgan fingerprint density at radius 1 is 1.41 bits per heavy atom. The highest BCUT2D eigenvalue weighted by Gasteiger charge is 2.34. The molecule has 2 aliphatic heterocycles. The van der Waals surface area contributed by atoms with Gasteiger partial charge in [0.1, 0.15) is 11.4 Å². The summed E-state index contributed by atoms with van der Waals surface area (Å²) in [5, 5.41) is 4.01. The number of nitrogens with one attached hydrogen (secondary N) is 1. The van der Waals surface area contributed by atoms with Crippen LogP contribution in [0.15, 0.2) is 18.2 Å². The molecule has 0 spiro atoms. The predicted molar refractivity (Wildman–Crippen MR) is 72.6 cm³/mol. The molecular weight excluding hydrogens is 230 g/mol. The molecule has 0 aliphatic carbocycles. The summed E-state index contributed by atoms with van der Waals surface area (Å²) in [6, 6.07) is 7.14. The molecule has 0 aromatic heterocycles. The average Bonchev–Trinajstić information content (AvgIpc) is 2.78. The maximum Gasteiger partial charge on any atom is 0.129 e. The molecule has 0 radical (unpaired) electrons. The lowest BCUT2D eigenvalue weighted by atomic mass is 10.0. The van der Waals surface area contributed by atoms with Gasteiger partial charge < -0.3 is 4.74 Å². The van der Waals surface area contributed by atoms with Crippen LogP contribution in [0.3, 0.4) is 0 Å². The molecule has 92 valence electrons. The van der Waals surface area contributed by atoms with Gasteiger partial charge in [0, 0.05) is 23.8 Å². The van der Waals surface area contributed by atoms with Gasteiger partial charge in [0.2, 0.25) is 0 Å². The van der Waals surface area contributed by atoms with E-state index >= 15 is 0 Å².